The van der Waals surface area contributed by atoms with Crippen LogP contribution in [0.3, 0.4) is 0 Å². The zero-order valence-electron chi connectivity index (χ0n) is 21.2. The molecule has 0 amide bonds. The molecule has 4 N–H and O–H groups in total. The Morgan fingerprint density at radius 2 is 1.84 bits per heavy atom. The predicted molar refractivity (Wildman–Crippen MR) is 150 cm³/mol. The van der Waals surface area contributed by atoms with Crippen molar-refractivity contribution < 1.29 is 19.8 Å². The van der Waals surface area contributed by atoms with Crippen LogP contribution in [0.25, 0.3) is 11.3 Å². The normalized spacial score (nSPS) is 14.6. The number of fused-ring (bicyclic) bond motifs is 1. The molecule has 1 aliphatic carbocycles. The molecule has 0 spiro atoms. The molecular weight excluding hydrogens is 524 g/mol. The minimum absolute atomic E-state index is 0.296. The molecule has 1 saturated carbocycles. The number of hydrogen-bond donors (Lipinski definition) is 4. The van der Waals surface area contributed by atoms with Gasteiger partial charge in [0.1, 0.15) is 0 Å². The molecule has 5 rings (SSSR count). The van der Waals surface area contributed by atoms with E-state index in [0.29, 0.717) is 6.54 Å². The summed E-state index contributed by atoms with van der Waals surface area (Å²) >= 11 is 8.30. The fourth-order valence-corrected chi connectivity index (χ4v) is 5.37. The van der Waals surface area contributed by atoms with Gasteiger partial charge in [-0.1, -0.05) is 30.5 Å². The molecule has 0 saturated heterocycles. The first-order chi connectivity index (χ1) is 18.4. The van der Waals surface area contributed by atoms with Gasteiger partial charge < -0.3 is 20.8 Å². The van der Waals surface area contributed by atoms with Gasteiger partial charge in [0.15, 0.2) is 0 Å². The Bertz CT molecular complexity index is 1230. The molecule has 2 aliphatic rings. The lowest BCUT2D eigenvalue weighted by molar-refractivity contribution is -0.143. The average molecular weight is 557 g/mol. The average Bonchev–Trinajstić information content (AvgIpc) is 3.67. The first-order valence-electron chi connectivity index (χ1n) is 13.0. The lowest BCUT2D eigenvalue weighted by Crippen LogP contribution is -2.16. The summed E-state index contributed by atoms with van der Waals surface area (Å²) in [5.74, 6) is -1.20. The van der Waals surface area contributed by atoms with Crippen LogP contribution in [-0.2, 0) is 35.4 Å². The van der Waals surface area contributed by atoms with E-state index in [0.717, 1.165) is 65.9 Å². The summed E-state index contributed by atoms with van der Waals surface area (Å²) in [5.41, 5.74) is 6.92. The number of benzene rings is 1. The summed E-state index contributed by atoms with van der Waals surface area (Å²) < 4.78 is 0. The Morgan fingerprint density at radius 1 is 1.08 bits per heavy atom. The summed E-state index contributed by atoms with van der Waals surface area (Å²) in [6, 6.07) is 8.38. The summed E-state index contributed by atoms with van der Waals surface area (Å²) in [6.07, 6.45) is 8.61. The second-order valence-corrected chi connectivity index (χ2v) is 10.9. The molecule has 3 heterocycles. The van der Waals surface area contributed by atoms with Gasteiger partial charge in [0, 0.05) is 17.1 Å². The van der Waals surface area contributed by atoms with E-state index in [-0.39, 0.29) is 12.8 Å². The van der Waals surface area contributed by atoms with Crippen molar-refractivity contribution >= 4 is 40.6 Å². The maximum Gasteiger partial charge on any atom is 0.303 e. The van der Waals surface area contributed by atoms with Crippen LogP contribution in [0.5, 0.6) is 0 Å². The van der Waals surface area contributed by atoms with Crippen molar-refractivity contribution in [2.24, 2.45) is 5.92 Å². The summed E-state index contributed by atoms with van der Waals surface area (Å²) in [5, 5.41) is 27.0. The topological polar surface area (TPSA) is 124 Å². The van der Waals surface area contributed by atoms with Crippen LogP contribution in [0.15, 0.2) is 35.8 Å². The smallest absolute Gasteiger partial charge is 0.303 e. The number of halogens is 1. The number of hydrogen-bond acceptors (Lipinski definition) is 7. The van der Waals surface area contributed by atoms with Crippen molar-refractivity contribution in [1.82, 2.24) is 15.3 Å². The Labute approximate surface area is 231 Å². The van der Waals surface area contributed by atoms with Crippen molar-refractivity contribution in [2.45, 2.75) is 57.9 Å². The maximum atomic E-state index is 9.64. The lowest BCUT2D eigenvalue weighted by atomic mass is 10.0. The van der Waals surface area contributed by atoms with E-state index in [2.05, 4.69) is 39.2 Å². The monoisotopic (exact) mass is 556 g/mol. The van der Waals surface area contributed by atoms with Gasteiger partial charge in [0.2, 0.25) is 0 Å². The van der Waals surface area contributed by atoms with E-state index in [9.17, 15) is 9.59 Å². The van der Waals surface area contributed by atoms with E-state index < -0.39 is 11.9 Å². The lowest BCUT2D eigenvalue weighted by Gasteiger charge is -2.16. The van der Waals surface area contributed by atoms with Crippen molar-refractivity contribution in [3.05, 3.63) is 62.7 Å². The molecule has 3 aromatic rings. The molecule has 2 aromatic heterocycles. The molecule has 0 radical (unpaired) electrons. The zero-order chi connectivity index (χ0) is 26.9. The van der Waals surface area contributed by atoms with Crippen LogP contribution in [0.2, 0.25) is 5.02 Å². The number of carbonyl (C=O) groups is 2. The van der Waals surface area contributed by atoms with Gasteiger partial charge in [-0.05, 0) is 74.0 Å². The number of thiazole rings is 1. The van der Waals surface area contributed by atoms with E-state index in [4.69, 9.17) is 26.8 Å². The second kappa shape index (κ2) is 13.7. The second-order valence-electron chi connectivity index (χ2n) is 9.60. The minimum Gasteiger partial charge on any atom is -0.481 e. The summed E-state index contributed by atoms with van der Waals surface area (Å²) in [7, 11) is 0. The third-order valence-electron chi connectivity index (χ3n) is 6.62. The Morgan fingerprint density at radius 3 is 2.53 bits per heavy atom. The van der Waals surface area contributed by atoms with E-state index in [1.54, 1.807) is 11.3 Å². The number of carboxylic acids is 2. The third kappa shape index (κ3) is 8.51. The number of nitrogens with one attached hydrogen (secondary N) is 2. The number of pyridine rings is 1. The number of carboxylic acid groups (broad SMARTS) is 2. The van der Waals surface area contributed by atoms with Crippen molar-refractivity contribution in [2.75, 3.05) is 18.4 Å². The molecule has 202 valence electrons. The number of aromatic nitrogens is 2. The summed E-state index contributed by atoms with van der Waals surface area (Å²) in [4.78, 5) is 28.8. The zero-order valence-corrected chi connectivity index (χ0v) is 22.8. The Kier molecular flexibility index (Phi) is 10.1. The van der Waals surface area contributed by atoms with Crippen molar-refractivity contribution in [3.63, 3.8) is 0 Å². The van der Waals surface area contributed by atoms with Crippen LogP contribution in [0.1, 0.15) is 53.9 Å². The molecule has 1 fully saturated rings. The van der Waals surface area contributed by atoms with Gasteiger partial charge in [0.25, 0.3) is 0 Å². The molecule has 10 heteroatoms. The number of rotatable bonds is 10. The SMILES string of the molecule is Clc1ccc2c(c1NCc1ccc(-c3csc(CCC4CC4)n3)cn1)CCNCC2.O=C(O)CCC(=O)O. The highest BCUT2D eigenvalue weighted by molar-refractivity contribution is 7.09. The van der Waals surface area contributed by atoms with Gasteiger partial charge >= 0.3 is 11.9 Å². The van der Waals surface area contributed by atoms with Crippen LogP contribution in [0.4, 0.5) is 5.69 Å². The Hall–Kier alpha value is -3.01. The number of aliphatic carboxylic acids is 2. The fourth-order valence-electron chi connectivity index (χ4n) is 4.30. The van der Waals surface area contributed by atoms with Crippen LogP contribution >= 0.6 is 22.9 Å². The fraction of sp³-hybridized carbons (Fsp3) is 0.429. The highest BCUT2D eigenvalue weighted by Crippen LogP contribution is 2.34. The van der Waals surface area contributed by atoms with Gasteiger partial charge in [-0.2, -0.15) is 0 Å². The van der Waals surface area contributed by atoms with Crippen LogP contribution < -0.4 is 10.6 Å². The quantitative estimate of drug-likeness (QED) is 0.260. The number of anilines is 1. The molecule has 1 aromatic carbocycles. The van der Waals surface area contributed by atoms with E-state index in [1.807, 2.05) is 12.3 Å². The first kappa shape index (κ1) is 28.0. The maximum absolute atomic E-state index is 9.64. The standard InChI is InChI=1S/C24H27ClN4S.C4H6O4/c25-21-7-5-17-9-11-26-12-10-20(17)24(21)28-14-19-6-4-18(13-27-19)22-15-30-23(29-22)8-3-16-1-2-16;5-3(6)1-2-4(7)8/h4-7,13,15-16,26,28H,1-3,8-12,14H2;1-2H2,(H,5,6)(H,7,8). The molecule has 0 unspecified atom stereocenters. The number of aryl methyl sites for hydroxylation is 1. The van der Waals surface area contributed by atoms with Crippen LogP contribution in [-0.4, -0.2) is 45.2 Å². The molecule has 1 aliphatic heterocycles. The van der Waals surface area contributed by atoms with Gasteiger partial charge in [-0.15, -0.1) is 11.3 Å². The summed E-state index contributed by atoms with van der Waals surface area (Å²) in [6.45, 7) is 2.68. The molecule has 0 bridgehead atoms. The van der Waals surface area contributed by atoms with Crippen molar-refractivity contribution in [3.8, 4) is 11.3 Å². The molecule has 8 nitrogen and oxygen atoms in total. The molecular formula is C28H33ClN4O4S. The van der Waals surface area contributed by atoms with Crippen molar-refractivity contribution in [1.29, 1.82) is 0 Å². The largest absolute Gasteiger partial charge is 0.481 e. The van der Waals surface area contributed by atoms with Gasteiger partial charge in [-0.3, -0.25) is 14.6 Å². The van der Waals surface area contributed by atoms with Gasteiger partial charge in [0.05, 0.1) is 46.5 Å². The number of nitrogens with zero attached hydrogens (tertiary/aromatic N) is 2. The highest BCUT2D eigenvalue weighted by atomic mass is 35.5. The minimum atomic E-state index is -1.08. The third-order valence-corrected chi connectivity index (χ3v) is 7.84. The predicted octanol–water partition coefficient (Wildman–Crippen LogP) is 5.44. The molecule has 38 heavy (non-hydrogen) atoms. The Balaban J connectivity index is 0.000000368. The molecule has 0 atom stereocenters. The van der Waals surface area contributed by atoms with Gasteiger partial charge in [-0.25, -0.2) is 4.98 Å². The van der Waals surface area contributed by atoms with E-state index >= 15 is 0 Å². The van der Waals surface area contributed by atoms with Crippen LogP contribution in [0, 0.1) is 5.92 Å². The highest BCUT2D eigenvalue weighted by Gasteiger charge is 2.21. The first-order valence-corrected chi connectivity index (χ1v) is 14.2. The van der Waals surface area contributed by atoms with E-state index in [1.165, 1.54) is 35.4 Å².